The minimum atomic E-state index is -4.48. The first-order chi connectivity index (χ1) is 17.8. The second kappa shape index (κ2) is 10.1. The number of fused-ring (bicyclic) bond motifs is 1. The van der Waals surface area contributed by atoms with Crippen molar-refractivity contribution in [3.63, 3.8) is 0 Å². The van der Waals surface area contributed by atoms with Crippen molar-refractivity contribution in [2.45, 2.75) is 12.6 Å². The van der Waals surface area contributed by atoms with Crippen LogP contribution in [0.25, 0.3) is 5.70 Å². The van der Waals surface area contributed by atoms with Gasteiger partial charge in [-0.1, -0.05) is 30.3 Å². The summed E-state index contributed by atoms with van der Waals surface area (Å²) in [6, 6.07) is 17.2. The smallest absolute Gasteiger partial charge is 0.369 e. The highest BCUT2D eigenvalue weighted by atomic mass is 19.4. The fourth-order valence-corrected chi connectivity index (χ4v) is 4.81. The normalized spacial score (nSPS) is 16.2. The van der Waals surface area contributed by atoms with Gasteiger partial charge in [0.05, 0.1) is 11.3 Å². The average molecular weight is 507 g/mol. The Kier molecular flexibility index (Phi) is 6.72. The molecule has 3 aromatic rings. The van der Waals surface area contributed by atoms with Crippen molar-refractivity contribution < 1.29 is 18.0 Å². The summed E-state index contributed by atoms with van der Waals surface area (Å²) in [5.41, 5.74) is 1.27. The van der Waals surface area contributed by atoms with E-state index < -0.39 is 11.7 Å². The van der Waals surface area contributed by atoms with Gasteiger partial charge in [0.1, 0.15) is 12.4 Å². The summed E-state index contributed by atoms with van der Waals surface area (Å²) in [6.45, 7) is 4.14. The quantitative estimate of drug-likeness (QED) is 0.519. The minimum absolute atomic E-state index is 0.0578. The largest absolute Gasteiger partial charge is 0.416 e. The number of carbonyl (C=O) groups excluding carboxylic acids is 1. The lowest BCUT2D eigenvalue weighted by Crippen LogP contribution is -2.47. The first-order valence-corrected chi connectivity index (χ1v) is 12.0. The molecule has 0 N–H and O–H groups in total. The molecule has 1 saturated heterocycles. The molecule has 5 rings (SSSR count). The standard InChI is InChI=1S/C27H25F3N6O/c28-27(29,30)21-6-4-5-20(17-21)24-9-12-35(26-23(18-31)32-19-36(24)26)25(37)10-11-33-13-15-34(16-14-33)22-7-2-1-3-8-22/h1-9,17,19H,10-16H2. The Bertz CT molecular complexity index is 1350. The predicted octanol–water partition coefficient (Wildman–Crippen LogP) is 4.22. The van der Waals surface area contributed by atoms with Gasteiger partial charge in [0.25, 0.3) is 0 Å². The van der Waals surface area contributed by atoms with Gasteiger partial charge in [-0.25, -0.2) is 4.98 Å². The summed E-state index contributed by atoms with van der Waals surface area (Å²) in [4.78, 5) is 23.4. The highest BCUT2D eigenvalue weighted by Crippen LogP contribution is 2.35. The Labute approximate surface area is 212 Å². The van der Waals surface area contributed by atoms with Crippen LogP contribution >= 0.6 is 0 Å². The molecular weight excluding hydrogens is 481 g/mol. The molecule has 0 atom stereocenters. The maximum atomic E-state index is 13.3. The van der Waals surface area contributed by atoms with Crippen LogP contribution in [0.3, 0.4) is 0 Å². The third-order valence-electron chi connectivity index (χ3n) is 6.75. The molecule has 0 aliphatic carbocycles. The van der Waals surface area contributed by atoms with Crippen LogP contribution in [0.2, 0.25) is 0 Å². The van der Waals surface area contributed by atoms with Crippen LogP contribution in [-0.4, -0.2) is 59.6 Å². The van der Waals surface area contributed by atoms with Gasteiger partial charge in [-0.15, -0.1) is 0 Å². The number of benzene rings is 2. The van der Waals surface area contributed by atoms with Gasteiger partial charge >= 0.3 is 6.18 Å². The number of piperazine rings is 1. The van der Waals surface area contributed by atoms with E-state index in [1.807, 2.05) is 24.3 Å². The summed E-state index contributed by atoms with van der Waals surface area (Å²) in [5, 5.41) is 9.60. The highest BCUT2D eigenvalue weighted by molar-refractivity contribution is 5.96. The number of para-hydroxylation sites is 1. The van der Waals surface area contributed by atoms with Crippen LogP contribution in [0.1, 0.15) is 23.2 Å². The number of hydrogen-bond acceptors (Lipinski definition) is 5. The number of halogens is 3. The molecule has 2 aromatic carbocycles. The van der Waals surface area contributed by atoms with E-state index >= 15 is 0 Å². The lowest BCUT2D eigenvalue weighted by Gasteiger charge is -2.36. The number of aromatic nitrogens is 2. The number of anilines is 2. The van der Waals surface area contributed by atoms with Gasteiger partial charge in [0, 0.05) is 51.4 Å². The molecule has 1 fully saturated rings. The Hall–Kier alpha value is -4.10. The molecule has 0 radical (unpaired) electrons. The molecule has 0 saturated carbocycles. The van der Waals surface area contributed by atoms with Crippen molar-refractivity contribution >= 4 is 23.1 Å². The van der Waals surface area contributed by atoms with Crippen LogP contribution in [0.5, 0.6) is 0 Å². The van der Waals surface area contributed by atoms with Crippen molar-refractivity contribution in [3.8, 4) is 6.07 Å². The van der Waals surface area contributed by atoms with E-state index in [9.17, 15) is 23.2 Å². The lowest BCUT2D eigenvalue weighted by atomic mass is 10.1. The first kappa shape index (κ1) is 24.6. The molecule has 37 heavy (non-hydrogen) atoms. The van der Waals surface area contributed by atoms with E-state index in [0.29, 0.717) is 17.8 Å². The molecule has 1 aromatic heterocycles. The summed E-state index contributed by atoms with van der Waals surface area (Å²) in [7, 11) is 0. The number of amides is 1. The summed E-state index contributed by atoms with van der Waals surface area (Å²) >= 11 is 0. The predicted molar refractivity (Wildman–Crippen MR) is 134 cm³/mol. The monoisotopic (exact) mass is 506 g/mol. The molecule has 0 spiro atoms. The van der Waals surface area contributed by atoms with E-state index in [4.69, 9.17) is 0 Å². The average Bonchev–Trinajstić information content (AvgIpc) is 3.36. The van der Waals surface area contributed by atoms with Crippen LogP contribution < -0.4 is 9.80 Å². The fraction of sp³-hybridized carbons (Fsp3) is 0.296. The Morgan fingerprint density at radius 2 is 1.78 bits per heavy atom. The van der Waals surface area contributed by atoms with Crippen LogP contribution in [0.15, 0.2) is 67.0 Å². The lowest BCUT2D eigenvalue weighted by molar-refractivity contribution is -0.137. The zero-order valence-corrected chi connectivity index (χ0v) is 20.0. The number of nitrogens with zero attached hydrogens (tertiary/aromatic N) is 6. The molecule has 10 heteroatoms. The molecule has 190 valence electrons. The van der Waals surface area contributed by atoms with Crippen LogP contribution in [-0.2, 0) is 11.0 Å². The van der Waals surface area contributed by atoms with Gasteiger partial charge in [-0.2, -0.15) is 18.4 Å². The van der Waals surface area contributed by atoms with Crippen molar-refractivity contribution in [2.24, 2.45) is 0 Å². The fourth-order valence-electron chi connectivity index (χ4n) is 4.81. The summed E-state index contributed by atoms with van der Waals surface area (Å²) in [6.07, 6.45) is -1.15. The first-order valence-electron chi connectivity index (χ1n) is 12.0. The molecule has 2 aliphatic rings. The molecule has 7 nitrogen and oxygen atoms in total. The van der Waals surface area contributed by atoms with E-state index in [1.54, 1.807) is 12.1 Å². The van der Waals surface area contributed by atoms with Gasteiger partial charge in [-0.3, -0.25) is 19.2 Å². The maximum Gasteiger partial charge on any atom is 0.416 e. The van der Waals surface area contributed by atoms with Gasteiger partial charge in [0.2, 0.25) is 5.91 Å². The van der Waals surface area contributed by atoms with Gasteiger partial charge in [-0.05, 0) is 35.9 Å². The maximum absolute atomic E-state index is 13.3. The van der Waals surface area contributed by atoms with Gasteiger partial charge in [0.15, 0.2) is 11.5 Å². The van der Waals surface area contributed by atoms with Crippen molar-refractivity contribution in [1.82, 2.24) is 14.5 Å². The number of carbonyl (C=O) groups is 1. The molecular formula is C27H25F3N6O. The van der Waals surface area contributed by atoms with E-state index in [0.717, 1.165) is 38.3 Å². The Morgan fingerprint density at radius 1 is 1.03 bits per heavy atom. The second-order valence-electron chi connectivity index (χ2n) is 8.99. The number of alkyl halides is 3. The second-order valence-corrected chi connectivity index (χ2v) is 8.99. The Morgan fingerprint density at radius 3 is 2.49 bits per heavy atom. The van der Waals surface area contributed by atoms with E-state index in [-0.39, 0.29) is 30.4 Å². The van der Waals surface area contributed by atoms with Crippen LogP contribution in [0, 0.1) is 11.3 Å². The van der Waals surface area contributed by atoms with E-state index in [2.05, 4.69) is 26.9 Å². The molecule has 2 aliphatic heterocycles. The highest BCUT2D eigenvalue weighted by Gasteiger charge is 2.32. The zero-order chi connectivity index (χ0) is 26.0. The number of hydrogen-bond donors (Lipinski definition) is 0. The van der Waals surface area contributed by atoms with Crippen molar-refractivity contribution in [1.29, 1.82) is 5.26 Å². The van der Waals surface area contributed by atoms with Crippen molar-refractivity contribution in [2.75, 3.05) is 49.1 Å². The third-order valence-corrected chi connectivity index (χ3v) is 6.75. The molecule has 1 amide bonds. The number of rotatable bonds is 5. The summed E-state index contributed by atoms with van der Waals surface area (Å²) in [5.74, 6) is 0.124. The van der Waals surface area contributed by atoms with Crippen molar-refractivity contribution in [3.05, 3.63) is 83.8 Å². The third kappa shape index (κ3) is 5.08. The Balaban J connectivity index is 1.28. The minimum Gasteiger partial charge on any atom is -0.369 e. The number of nitriles is 1. The molecule has 3 heterocycles. The van der Waals surface area contributed by atoms with E-state index in [1.165, 1.54) is 27.5 Å². The topological polar surface area (TPSA) is 68.4 Å². The van der Waals surface area contributed by atoms with Gasteiger partial charge < -0.3 is 4.90 Å². The van der Waals surface area contributed by atoms with Crippen LogP contribution in [0.4, 0.5) is 24.7 Å². The molecule has 0 unspecified atom stereocenters. The molecule has 0 bridgehead atoms. The SMILES string of the molecule is N#Cc1ncn2c1N(C(=O)CCN1CCN(c3ccccc3)CC1)CC=C2c1cccc(C(F)(F)F)c1. The number of imidazole rings is 1. The summed E-state index contributed by atoms with van der Waals surface area (Å²) < 4.78 is 41.3. The zero-order valence-electron chi connectivity index (χ0n) is 20.0.